The molecule has 5 nitrogen and oxygen atoms in total. The Balaban J connectivity index is 2.03. The number of rotatable bonds is 11. The average Bonchev–Trinajstić information content (AvgIpc) is 2.49. The van der Waals surface area contributed by atoms with Crippen LogP contribution in [0.2, 0.25) is 0 Å². The molecule has 0 aromatic rings. The lowest BCUT2D eigenvalue weighted by molar-refractivity contribution is -0.271. The summed E-state index contributed by atoms with van der Waals surface area (Å²) in [4.78, 5) is 0. The average molecular weight is 304 g/mol. The van der Waals surface area contributed by atoms with Gasteiger partial charge in [0.15, 0.2) is 6.29 Å². The van der Waals surface area contributed by atoms with Gasteiger partial charge in [-0.3, -0.25) is 0 Å². The third-order valence-electron chi connectivity index (χ3n) is 3.99. The van der Waals surface area contributed by atoms with Gasteiger partial charge in [0.25, 0.3) is 0 Å². The van der Waals surface area contributed by atoms with E-state index >= 15 is 0 Å². The maximum Gasteiger partial charge on any atom is 0.186 e. The summed E-state index contributed by atoms with van der Waals surface area (Å²) in [5.74, 6) is 0. The van der Waals surface area contributed by atoms with Gasteiger partial charge in [0, 0.05) is 13.0 Å². The fourth-order valence-corrected chi connectivity index (χ4v) is 2.61. The minimum atomic E-state index is -1.03. The first kappa shape index (κ1) is 18.8. The monoisotopic (exact) mass is 304 g/mol. The van der Waals surface area contributed by atoms with E-state index in [1.54, 1.807) is 0 Å². The van der Waals surface area contributed by atoms with Gasteiger partial charge in [-0.2, -0.15) is 0 Å². The summed E-state index contributed by atoms with van der Waals surface area (Å²) in [7, 11) is 0. The molecule has 1 aliphatic rings. The number of hydrogen-bond acceptors (Lipinski definition) is 5. The molecule has 1 heterocycles. The fourth-order valence-electron chi connectivity index (χ4n) is 2.61. The maximum absolute atomic E-state index is 9.79. The van der Waals surface area contributed by atoms with Crippen LogP contribution in [0.15, 0.2) is 0 Å². The van der Waals surface area contributed by atoms with Crippen LogP contribution in [-0.2, 0) is 9.47 Å². The molecule has 0 bridgehead atoms. The van der Waals surface area contributed by atoms with Crippen LogP contribution in [0, 0.1) is 0 Å². The van der Waals surface area contributed by atoms with Crippen molar-refractivity contribution in [2.45, 2.75) is 89.3 Å². The number of aliphatic hydroxyl groups is 3. The van der Waals surface area contributed by atoms with Crippen molar-refractivity contribution < 1.29 is 24.8 Å². The lowest BCUT2D eigenvalue weighted by atomic mass is 10.0. The van der Waals surface area contributed by atoms with E-state index in [0.717, 1.165) is 12.8 Å². The molecular formula is C16H32O5. The zero-order valence-corrected chi connectivity index (χ0v) is 13.2. The second kappa shape index (κ2) is 11.4. The predicted octanol–water partition coefficient (Wildman–Crippen LogP) is 1.97. The molecule has 21 heavy (non-hydrogen) atoms. The molecule has 1 aliphatic heterocycles. The second-order valence-electron chi connectivity index (χ2n) is 5.95. The van der Waals surface area contributed by atoms with E-state index in [0.29, 0.717) is 6.61 Å². The Labute approximate surface area is 128 Å². The molecule has 126 valence electrons. The van der Waals surface area contributed by atoms with Gasteiger partial charge >= 0.3 is 0 Å². The van der Waals surface area contributed by atoms with Crippen LogP contribution in [0.1, 0.15) is 64.7 Å². The van der Waals surface area contributed by atoms with E-state index in [1.165, 1.54) is 38.5 Å². The summed E-state index contributed by atoms with van der Waals surface area (Å²) in [6, 6.07) is 0. The van der Waals surface area contributed by atoms with Gasteiger partial charge in [-0.25, -0.2) is 0 Å². The summed E-state index contributed by atoms with van der Waals surface area (Å²) >= 11 is 0. The van der Waals surface area contributed by atoms with Gasteiger partial charge in [0.1, 0.15) is 6.10 Å². The molecule has 0 aromatic heterocycles. The molecule has 0 unspecified atom stereocenters. The quantitative estimate of drug-likeness (QED) is 0.509. The zero-order chi connectivity index (χ0) is 15.5. The highest BCUT2D eigenvalue weighted by Crippen LogP contribution is 2.21. The standard InChI is InChI=1S/C16H32O5/c1-2-3-4-5-6-7-8-9-10-20-16-15(19)14(18)11-13(12-17)21-16/h13-19H,2-12H2,1H3/t13-,14-,15+,16+/m0/s1. The Kier molecular flexibility index (Phi) is 10.2. The Bertz CT molecular complexity index is 249. The molecule has 0 radical (unpaired) electrons. The molecule has 1 rings (SSSR count). The van der Waals surface area contributed by atoms with Gasteiger partial charge in [-0.15, -0.1) is 0 Å². The summed E-state index contributed by atoms with van der Waals surface area (Å²) in [6.45, 7) is 2.57. The molecule has 0 spiro atoms. The molecule has 0 amide bonds. The van der Waals surface area contributed by atoms with E-state index < -0.39 is 24.6 Å². The number of ether oxygens (including phenoxy) is 2. The van der Waals surface area contributed by atoms with E-state index in [-0.39, 0.29) is 13.0 Å². The normalized spacial score (nSPS) is 29.7. The highest BCUT2D eigenvalue weighted by atomic mass is 16.7. The Morgan fingerprint density at radius 3 is 2.24 bits per heavy atom. The first-order valence-electron chi connectivity index (χ1n) is 8.43. The van der Waals surface area contributed by atoms with E-state index in [4.69, 9.17) is 14.6 Å². The summed E-state index contributed by atoms with van der Waals surface area (Å²) in [5, 5.41) is 28.5. The van der Waals surface area contributed by atoms with Gasteiger partial charge in [0.05, 0.1) is 18.8 Å². The van der Waals surface area contributed by atoms with Crippen molar-refractivity contribution >= 4 is 0 Å². The smallest absolute Gasteiger partial charge is 0.186 e. The Morgan fingerprint density at radius 1 is 1.00 bits per heavy atom. The van der Waals surface area contributed by atoms with Crippen LogP contribution in [0.25, 0.3) is 0 Å². The lowest BCUT2D eigenvalue weighted by Crippen LogP contribution is -2.50. The Hall–Kier alpha value is -0.200. The topological polar surface area (TPSA) is 79.2 Å². The Morgan fingerprint density at radius 2 is 1.62 bits per heavy atom. The van der Waals surface area contributed by atoms with E-state index in [9.17, 15) is 10.2 Å². The van der Waals surface area contributed by atoms with Crippen LogP contribution in [-0.4, -0.2) is 53.1 Å². The molecule has 0 aliphatic carbocycles. The summed E-state index contributed by atoms with van der Waals surface area (Å²) in [5.41, 5.74) is 0. The van der Waals surface area contributed by atoms with Crippen molar-refractivity contribution in [1.29, 1.82) is 0 Å². The molecule has 5 heteroatoms. The summed E-state index contributed by atoms with van der Waals surface area (Å²) in [6.07, 6.45) is 6.82. The third-order valence-corrected chi connectivity index (χ3v) is 3.99. The molecule has 3 N–H and O–H groups in total. The fraction of sp³-hybridized carbons (Fsp3) is 1.00. The van der Waals surface area contributed by atoms with Crippen molar-refractivity contribution in [1.82, 2.24) is 0 Å². The van der Waals surface area contributed by atoms with E-state index in [1.807, 2.05) is 0 Å². The molecule has 1 fully saturated rings. The van der Waals surface area contributed by atoms with Gasteiger partial charge in [-0.1, -0.05) is 51.9 Å². The minimum Gasteiger partial charge on any atom is -0.394 e. The van der Waals surface area contributed by atoms with Gasteiger partial charge in [-0.05, 0) is 6.42 Å². The lowest BCUT2D eigenvalue weighted by Gasteiger charge is -2.36. The van der Waals surface area contributed by atoms with Crippen molar-refractivity contribution in [2.75, 3.05) is 13.2 Å². The molecule has 4 atom stereocenters. The van der Waals surface area contributed by atoms with Crippen molar-refractivity contribution in [2.24, 2.45) is 0 Å². The van der Waals surface area contributed by atoms with Crippen LogP contribution in [0.3, 0.4) is 0 Å². The van der Waals surface area contributed by atoms with Gasteiger partial charge < -0.3 is 24.8 Å². The molecular weight excluding hydrogens is 272 g/mol. The molecule has 0 saturated carbocycles. The summed E-state index contributed by atoms with van der Waals surface area (Å²) < 4.78 is 10.9. The zero-order valence-electron chi connectivity index (χ0n) is 13.2. The number of unbranched alkanes of at least 4 members (excludes halogenated alkanes) is 7. The number of aliphatic hydroxyl groups excluding tert-OH is 3. The van der Waals surface area contributed by atoms with Crippen molar-refractivity contribution in [3.63, 3.8) is 0 Å². The van der Waals surface area contributed by atoms with E-state index in [2.05, 4.69) is 6.92 Å². The SMILES string of the molecule is CCCCCCCCCCO[C@@H]1O[C@H](CO)C[C@H](O)[C@H]1O. The molecule has 0 aromatic carbocycles. The van der Waals surface area contributed by atoms with Crippen LogP contribution in [0.4, 0.5) is 0 Å². The molecule has 1 saturated heterocycles. The maximum atomic E-state index is 9.79. The van der Waals surface area contributed by atoms with Crippen molar-refractivity contribution in [3.05, 3.63) is 0 Å². The van der Waals surface area contributed by atoms with Crippen molar-refractivity contribution in [3.8, 4) is 0 Å². The van der Waals surface area contributed by atoms with Crippen LogP contribution in [0.5, 0.6) is 0 Å². The predicted molar refractivity (Wildman–Crippen MR) is 80.9 cm³/mol. The van der Waals surface area contributed by atoms with Crippen LogP contribution < -0.4 is 0 Å². The first-order chi connectivity index (χ1) is 10.2. The highest BCUT2D eigenvalue weighted by Gasteiger charge is 2.36. The first-order valence-corrected chi connectivity index (χ1v) is 8.43. The number of hydrogen-bond donors (Lipinski definition) is 3. The largest absolute Gasteiger partial charge is 0.394 e. The third kappa shape index (κ3) is 7.56. The second-order valence-corrected chi connectivity index (χ2v) is 5.95. The van der Waals surface area contributed by atoms with Crippen LogP contribution >= 0.6 is 0 Å². The van der Waals surface area contributed by atoms with Gasteiger partial charge in [0.2, 0.25) is 0 Å². The minimum absolute atomic E-state index is 0.165. The highest BCUT2D eigenvalue weighted by molar-refractivity contribution is 4.80.